The van der Waals surface area contributed by atoms with Crippen molar-refractivity contribution in [1.82, 2.24) is 15.4 Å². The van der Waals surface area contributed by atoms with Crippen molar-refractivity contribution in [2.45, 2.75) is 0 Å². The Morgan fingerprint density at radius 2 is 2.00 bits per heavy atom. The van der Waals surface area contributed by atoms with E-state index in [1.807, 2.05) is 0 Å². The molecular weight excluding hydrogens is 248 g/mol. The molecule has 0 atom stereocenters. The minimum atomic E-state index is -1.01. The number of carbonyl (C=O) groups is 2. The predicted molar refractivity (Wildman–Crippen MR) is 67.4 cm³/mol. The molecule has 0 saturated heterocycles. The molecule has 3 N–H and O–H groups in total. The highest BCUT2D eigenvalue weighted by Crippen LogP contribution is 2.11. The highest BCUT2D eigenvalue weighted by atomic mass is 16.4. The molecule has 0 bridgehead atoms. The van der Waals surface area contributed by atoms with Crippen molar-refractivity contribution in [1.29, 1.82) is 0 Å². The van der Waals surface area contributed by atoms with Crippen molar-refractivity contribution in [3.8, 4) is 0 Å². The summed E-state index contributed by atoms with van der Waals surface area (Å²) in [5, 5.41) is 20.7. The minimum Gasteiger partial charge on any atom is -0.478 e. The van der Waals surface area contributed by atoms with Crippen molar-refractivity contribution in [2.24, 2.45) is 0 Å². The standard InChI is InChI=1S/C12H10N4O3/c17-11(18)6-3-8-1-4-9(5-2-8)14-12(19)10-7-13-16-15-10/h1-7H,(H,14,19)(H,17,18)(H,13,15,16). The van der Waals surface area contributed by atoms with E-state index in [2.05, 4.69) is 20.7 Å². The largest absolute Gasteiger partial charge is 0.478 e. The lowest BCUT2D eigenvalue weighted by Crippen LogP contribution is -2.12. The summed E-state index contributed by atoms with van der Waals surface area (Å²) in [7, 11) is 0. The van der Waals surface area contributed by atoms with Gasteiger partial charge < -0.3 is 10.4 Å². The average Bonchev–Trinajstić information content (AvgIpc) is 2.92. The molecule has 0 spiro atoms. The van der Waals surface area contributed by atoms with E-state index < -0.39 is 5.97 Å². The van der Waals surface area contributed by atoms with Crippen LogP contribution >= 0.6 is 0 Å². The first-order valence-electron chi connectivity index (χ1n) is 5.33. The first-order chi connectivity index (χ1) is 9.15. The summed E-state index contributed by atoms with van der Waals surface area (Å²) < 4.78 is 0. The number of carbonyl (C=O) groups excluding carboxylic acids is 1. The summed E-state index contributed by atoms with van der Waals surface area (Å²) in [6, 6.07) is 6.72. The molecule has 96 valence electrons. The third kappa shape index (κ3) is 3.50. The van der Waals surface area contributed by atoms with Gasteiger partial charge in [-0.05, 0) is 23.8 Å². The van der Waals surface area contributed by atoms with Gasteiger partial charge in [-0.3, -0.25) is 4.79 Å². The van der Waals surface area contributed by atoms with Crippen LogP contribution in [-0.4, -0.2) is 32.4 Å². The van der Waals surface area contributed by atoms with Crippen molar-refractivity contribution >= 4 is 23.6 Å². The minimum absolute atomic E-state index is 0.190. The number of aromatic amines is 1. The molecule has 0 saturated carbocycles. The number of carboxylic acid groups (broad SMARTS) is 1. The number of hydrogen-bond acceptors (Lipinski definition) is 4. The van der Waals surface area contributed by atoms with Gasteiger partial charge in [0.2, 0.25) is 0 Å². The molecule has 0 aliphatic heterocycles. The van der Waals surface area contributed by atoms with Gasteiger partial charge in [-0.25, -0.2) is 4.79 Å². The highest BCUT2D eigenvalue weighted by molar-refractivity contribution is 6.02. The first-order valence-corrected chi connectivity index (χ1v) is 5.33. The van der Waals surface area contributed by atoms with Crippen LogP contribution in [-0.2, 0) is 4.79 Å². The molecule has 0 unspecified atom stereocenters. The third-order valence-corrected chi connectivity index (χ3v) is 2.23. The molecule has 7 nitrogen and oxygen atoms in total. The fourth-order valence-electron chi connectivity index (χ4n) is 1.35. The fraction of sp³-hybridized carbons (Fsp3) is 0. The second-order valence-electron chi connectivity index (χ2n) is 3.60. The van der Waals surface area contributed by atoms with Gasteiger partial charge in [0.05, 0.1) is 6.20 Å². The number of anilines is 1. The fourth-order valence-corrected chi connectivity index (χ4v) is 1.35. The number of benzene rings is 1. The first kappa shape index (κ1) is 12.5. The maximum atomic E-state index is 11.6. The lowest BCUT2D eigenvalue weighted by Gasteiger charge is -2.02. The number of H-pyrrole nitrogens is 1. The maximum Gasteiger partial charge on any atom is 0.328 e. The van der Waals surface area contributed by atoms with Crippen LogP contribution in [0, 0.1) is 0 Å². The Morgan fingerprint density at radius 1 is 1.26 bits per heavy atom. The SMILES string of the molecule is O=C(O)C=Cc1ccc(NC(=O)c2cn[nH]n2)cc1. The highest BCUT2D eigenvalue weighted by Gasteiger charge is 2.08. The lowest BCUT2D eigenvalue weighted by atomic mass is 10.2. The van der Waals surface area contributed by atoms with E-state index in [0.29, 0.717) is 5.69 Å². The Kier molecular flexibility index (Phi) is 3.67. The summed E-state index contributed by atoms with van der Waals surface area (Å²) in [6.07, 6.45) is 3.83. The topological polar surface area (TPSA) is 108 Å². The van der Waals surface area contributed by atoms with Crippen LogP contribution in [0.3, 0.4) is 0 Å². The van der Waals surface area contributed by atoms with Gasteiger partial charge in [0.1, 0.15) is 0 Å². The van der Waals surface area contributed by atoms with Crippen molar-refractivity contribution < 1.29 is 14.7 Å². The van der Waals surface area contributed by atoms with Crippen LogP contribution < -0.4 is 5.32 Å². The average molecular weight is 258 g/mol. The molecule has 19 heavy (non-hydrogen) atoms. The van der Waals surface area contributed by atoms with E-state index in [1.54, 1.807) is 24.3 Å². The number of carboxylic acids is 1. The molecule has 2 rings (SSSR count). The zero-order chi connectivity index (χ0) is 13.7. The van der Waals surface area contributed by atoms with E-state index in [1.165, 1.54) is 12.3 Å². The molecule has 0 aliphatic rings. The number of aliphatic carboxylic acids is 1. The molecule has 1 heterocycles. The zero-order valence-electron chi connectivity index (χ0n) is 9.70. The van der Waals surface area contributed by atoms with Crippen LogP contribution in [0.5, 0.6) is 0 Å². The quantitative estimate of drug-likeness (QED) is 0.713. The lowest BCUT2D eigenvalue weighted by molar-refractivity contribution is -0.131. The van der Waals surface area contributed by atoms with Gasteiger partial charge in [-0.2, -0.15) is 15.4 Å². The second kappa shape index (κ2) is 5.58. The molecule has 0 fully saturated rings. The van der Waals surface area contributed by atoms with Crippen LogP contribution in [0.4, 0.5) is 5.69 Å². The normalized spacial score (nSPS) is 10.5. The van der Waals surface area contributed by atoms with Crippen molar-refractivity contribution in [3.05, 3.63) is 47.8 Å². The molecule has 1 amide bonds. The van der Waals surface area contributed by atoms with Gasteiger partial charge in [0.15, 0.2) is 5.69 Å². The molecule has 0 aliphatic carbocycles. The monoisotopic (exact) mass is 258 g/mol. The van der Waals surface area contributed by atoms with E-state index in [4.69, 9.17) is 5.11 Å². The number of nitrogens with zero attached hydrogens (tertiary/aromatic N) is 2. The molecular formula is C12H10N4O3. The van der Waals surface area contributed by atoms with Crippen LogP contribution in [0.2, 0.25) is 0 Å². The molecule has 1 aromatic carbocycles. The maximum absolute atomic E-state index is 11.6. The number of aromatic nitrogens is 3. The van der Waals surface area contributed by atoms with Gasteiger partial charge in [0, 0.05) is 11.8 Å². The zero-order valence-corrected chi connectivity index (χ0v) is 9.70. The Hall–Kier alpha value is -2.96. The van der Waals surface area contributed by atoms with Gasteiger partial charge in [-0.15, -0.1) is 0 Å². The Balaban J connectivity index is 2.03. The van der Waals surface area contributed by atoms with Gasteiger partial charge in [-0.1, -0.05) is 12.1 Å². The molecule has 2 aromatic rings. The van der Waals surface area contributed by atoms with Gasteiger partial charge in [0.25, 0.3) is 5.91 Å². The van der Waals surface area contributed by atoms with E-state index >= 15 is 0 Å². The predicted octanol–water partition coefficient (Wildman–Crippen LogP) is 1.15. The van der Waals surface area contributed by atoms with Crippen LogP contribution in [0.1, 0.15) is 16.1 Å². The molecule has 0 radical (unpaired) electrons. The smallest absolute Gasteiger partial charge is 0.328 e. The summed E-state index contributed by atoms with van der Waals surface area (Å²) in [4.78, 5) is 22.0. The number of rotatable bonds is 4. The van der Waals surface area contributed by atoms with E-state index in [0.717, 1.165) is 11.6 Å². The summed E-state index contributed by atoms with van der Waals surface area (Å²) in [5.74, 6) is -1.38. The summed E-state index contributed by atoms with van der Waals surface area (Å²) in [6.45, 7) is 0. The van der Waals surface area contributed by atoms with Crippen LogP contribution in [0.25, 0.3) is 6.08 Å². The van der Waals surface area contributed by atoms with Crippen molar-refractivity contribution in [2.75, 3.05) is 5.32 Å². The molecule has 7 heteroatoms. The Labute approximate surface area is 108 Å². The molecule has 1 aromatic heterocycles. The van der Waals surface area contributed by atoms with E-state index in [9.17, 15) is 9.59 Å². The third-order valence-electron chi connectivity index (χ3n) is 2.23. The summed E-state index contributed by atoms with van der Waals surface area (Å²) in [5.41, 5.74) is 1.50. The number of hydrogen-bond donors (Lipinski definition) is 3. The Morgan fingerprint density at radius 3 is 2.58 bits per heavy atom. The second-order valence-corrected chi connectivity index (χ2v) is 3.60. The Bertz CT molecular complexity index is 602. The van der Waals surface area contributed by atoms with E-state index in [-0.39, 0.29) is 11.6 Å². The number of nitrogens with one attached hydrogen (secondary N) is 2. The number of amides is 1. The summed E-state index contributed by atoms with van der Waals surface area (Å²) >= 11 is 0. The van der Waals surface area contributed by atoms with Crippen molar-refractivity contribution in [3.63, 3.8) is 0 Å². The van der Waals surface area contributed by atoms with Crippen LogP contribution in [0.15, 0.2) is 36.5 Å². The van der Waals surface area contributed by atoms with Gasteiger partial charge >= 0.3 is 5.97 Å².